The van der Waals surface area contributed by atoms with Gasteiger partial charge < -0.3 is 4.43 Å². The highest BCUT2D eigenvalue weighted by Crippen LogP contribution is 2.20. The van der Waals surface area contributed by atoms with Crippen molar-refractivity contribution < 1.29 is 8.82 Å². The Balaban J connectivity index is 0.000000371. The van der Waals surface area contributed by atoms with Gasteiger partial charge in [0.25, 0.3) is 0 Å². The summed E-state index contributed by atoms with van der Waals surface area (Å²) in [4.78, 5) is 0. The summed E-state index contributed by atoms with van der Waals surface area (Å²) in [5.74, 6) is 0. The van der Waals surface area contributed by atoms with E-state index >= 15 is 0 Å². The van der Waals surface area contributed by atoms with Crippen LogP contribution in [-0.4, -0.2) is 14.9 Å². The summed E-state index contributed by atoms with van der Waals surface area (Å²) in [6.45, 7) is 5.62. The smallest absolute Gasteiger partial charge is 0.232 e. The minimum Gasteiger partial charge on any atom is -0.417 e. The quantitative estimate of drug-likeness (QED) is 0.496. The van der Waals surface area contributed by atoms with Crippen molar-refractivity contribution in [3.05, 3.63) is 7.18 Å². The Morgan fingerprint density at radius 2 is 1.90 bits per heavy atom. The van der Waals surface area contributed by atoms with E-state index in [0.717, 1.165) is 6.61 Å². The molecule has 3 radical (unpaired) electrons. The maximum absolute atomic E-state index is 8.75. The van der Waals surface area contributed by atoms with Crippen LogP contribution >= 0.6 is 0 Å². The summed E-state index contributed by atoms with van der Waals surface area (Å²) in [7, 11) is 3.16. The van der Waals surface area contributed by atoms with Crippen LogP contribution in [0.2, 0.25) is 19.1 Å². The van der Waals surface area contributed by atoms with Crippen molar-refractivity contribution in [1.82, 2.24) is 0 Å². The molecule has 10 heavy (non-hydrogen) atoms. The molecule has 1 heterocycles. The van der Waals surface area contributed by atoms with Crippen LogP contribution in [0.5, 0.6) is 0 Å². The summed E-state index contributed by atoms with van der Waals surface area (Å²) in [5.41, 5.74) is 0. The van der Waals surface area contributed by atoms with Crippen molar-refractivity contribution >= 4 is 8.32 Å². The summed E-state index contributed by atoms with van der Waals surface area (Å²) in [6, 6.07) is 1.37. The second-order valence-corrected chi connectivity index (χ2v) is 7.37. The van der Waals surface area contributed by atoms with E-state index in [0.29, 0.717) is 0 Å². The van der Waals surface area contributed by atoms with Gasteiger partial charge in [0.2, 0.25) is 7.18 Å². The van der Waals surface area contributed by atoms with Crippen molar-refractivity contribution in [2.24, 2.45) is 0 Å². The van der Waals surface area contributed by atoms with Gasteiger partial charge in [-0.2, -0.15) is 0 Å². The molecule has 0 atom stereocenters. The van der Waals surface area contributed by atoms with Crippen LogP contribution < -0.4 is 0 Å². The van der Waals surface area contributed by atoms with Crippen LogP contribution in [-0.2, 0) is 4.43 Å². The molecule has 1 saturated heterocycles. The zero-order valence-corrected chi connectivity index (χ0v) is 7.61. The monoisotopic (exact) mass is 161 g/mol. The highest BCUT2D eigenvalue weighted by Gasteiger charge is 2.24. The SMILES string of the molecule is C[Si]1(C)CCCCO1.[C]F. The fourth-order valence-electron chi connectivity index (χ4n) is 1.07. The fraction of sp³-hybridized carbons (Fsp3) is 0.857. The van der Waals surface area contributed by atoms with E-state index in [1.54, 1.807) is 0 Å². The molecule has 0 aromatic rings. The minimum absolute atomic E-state index is 1.03. The van der Waals surface area contributed by atoms with E-state index < -0.39 is 8.32 Å². The van der Waals surface area contributed by atoms with Crippen LogP contribution in [0.3, 0.4) is 0 Å². The van der Waals surface area contributed by atoms with E-state index in [1.165, 1.54) is 18.9 Å². The molecule has 0 aromatic heterocycles. The maximum Gasteiger partial charge on any atom is 0.232 e. The van der Waals surface area contributed by atoms with Gasteiger partial charge in [-0.3, -0.25) is 0 Å². The molecule has 1 nitrogen and oxygen atoms in total. The summed E-state index contributed by atoms with van der Waals surface area (Å²) >= 11 is 0. The molecule has 1 aliphatic rings. The largest absolute Gasteiger partial charge is 0.417 e. The zero-order valence-electron chi connectivity index (χ0n) is 6.61. The second-order valence-electron chi connectivity index (χ2n) is 3.07. The number of hydrogen-bond acceptors (Lipinski definition) is 1. The summed E-state index contributed by atoms with van der Waals surface area (Å²) in [6.07, 6.45) is 2.69. The van der Waals surface area contributed by atoms with Gasteiger partial charge in [-0.1, -0.05) is 6.42 Å². The molecule has 1 rings (SSSR count). The first-order chi connectivity index (χ1) is 4.71. The molecule has 0 amide bonds. The van der Waals surface area contributed by atoms with E-state index in [4.69, 9.17) is 8.82 Å². The molecule has 0 aromatic carbocycles. The third-order valence-corrected chi connectivity index (χ3v) is 4.21. The summed E-state index contributed by atoms with van der Waals surface area (Å²) in [5, 5.41) is 0. The molecule has 1 fully saturated rings. The maximum atomic E-state index is 8.75. The normalized spacial score (nSPS) is 22.8. The lowest BCUT2D eigenvalue weighted by atomic mass is 10.4. The van der Waals surface area contributed by atoms with Crippen molar-refractivity contribution in [1.29, 1.82) is 0 Å². The molecule has 0 saturated carbocycles. The topological polar surface area (TPSA) is 9.23 Å². The predicted molar refractivity (Wildman–Crippen MR) is 41.8 cm³/mol. The van der Waals surface area contributed by atoms with Gasteiger partial charge in [0.05, 0.1) is 0 Å². The van der Waals surface area contributed by atoms with Gasteiger partial charge in [-0.25, -0.2) is 4.39 Å². The lowest BCUT2D eigenvalue weighted by molar-refractivity contribution is 0.275. The Labute approximate surface area is 63.7 Å². The highest BCUT2D eigenvalue weighted by molar-refractivity contribution is 6.71. The first-order valence-electron chi connectivity index (χ1n) is 3.54. The van der Waals surface area contributed by atoms with Gasteiger partial charge in [0.1, 0.15) is 0 Å². The predicted octanol–water partition coefficient (Wildman–Crippen LogP) is 2.50. The first-order valence-corrected chi connectivity index (χ1v) is 6.65. The Morgan fingerprint density at radius 1 is 1.30 bits per heavy atom. The lowest BCUT2D eigenvalue weighted by Crippen LogP contribution is -2.33. The average Bonchev–Trinajstić information content (AvgIpc) is 1.92. The minimum atomic E-state index is -1.09. The third-order valence-electron chi connectivity index (χ3n) is 1.67. The Bertz CT molecular complexity index is 77.7. The number of hydrogen-bond donors (Lipinski definition) is 0. The van der Waals surface area contributed by atoms with Gasteiger partial charge >= 0.3 is 0 Å². The Kier molecular flexibility index (Phi) is 4.90. The van der Waals surface area contributed by atoms with Crippen LogP contribution in [0.1, 0.15) is 12.8 Å². The zero-order chi connectivity index (χ0) is 8.04. The van der Waals surface area contributed by atoms with Crippen molar-refractivity contribution in [3.8, 4) is 0 Å². The second kappa shape index (κ2) is 4.85. The van der Waals surface area contributed by atoms with Gasteiger partial charge in [-0.15, -0.1) is 0 Å². The van der Waals surface area contributed by atoms with Gasteiger partial charge in [0.15, 0.2) is 8.32 Å². The van der Waals surface area contributed by atoms with Crippen LogP contribution in [0.15, 0.2) is 0 Å². The van der Waals surface area contributed by atoms with Crippen molar-refractivity contribution in [2.75, 3.05) is 6.61 Å². The molecule has 0 aliphatic carbocycles. The fourth-order valence-corrected chi connectivity index (χ4v) is 3.02. The van der Waals surface area contributed by atoms with E-state index in [2.05, 4.69) is 20.3 Å². The van der Waals surface area contributed by atoms with E-state index in [-0.39, 0.29) is 0 Å². The molecule has 0 spiro atoms. The van der Waals surface area contributed by atoms with Crippen LogP contribution in [0.25, 0.3) is 0 Å². The molecular formula is C7H14FOSi. The Hall–Kier alpha value is 0.107. The van der Waals surface area contributed by atoms with E-state index in [1.807, 2.05) is 0 Å². The average molecular weight is 161 g/mol. The Morgan fingerprint density at radius 3 is 2.10 bits per heavy atom. The van der Waals surface area contributed by atoms with Crippen LogP contribution in [0, 0.1) is 7.18 Å². The molecular weight excluding hydrogens is 147 g/mol. The number of halogens is 1. The van der Waals surface area contributed by atoms with E-state index in [9.17, 15) is 0 Å². The molecule has 1 aliphatic heterocycles. The molecule has 0 bridgehead atoms. The molecule has 0 unspecified atom stereocenters. The first kappa shape index (κ1) is 10.1. The lowest BCUT2D eigenvalue weighted by Gasteiger charge is -2.27. The van der Waals surface area contributed by atoms with Gasteiger partial charge in [-0.05, 0) is 25.6 Å². The van der Waals surface area contributed by atoms with Crippen molar-refractivity contribution in [3.63, 3.8) is 0 Å². The van der Waals surface area contributed by atoms with Crippen LogP contribution in [0.4, 0.5) is 4.39 Å². The number of rotatable bonds is 0. The molecule has 0 N–H and O–H groups in total. The molecule has 3 heteroatoms. The third kappa shape index (κ3) is 4.01. The summed E-state index contributed by atoms with van der Waals surface area (Å²) < 4.78 is 14.4. The molecule has 59 valence electrons. The highest BCUT2D eigenvalue weighted by atomic mass is 28.4. The standard InChI is InChI=1S/C6H14OSi.CF/c1-8(2)6-4-3-5-7-8;1-2/h3-6H2,1-2H3;. The van der Waals surface area contributed by atoms with Gasteiger partial charge in [0, 0.05) is 6.61 Å². The van der Waals surface area contributed by atoms with Crippen molar-refractivity contribution in [2.45, 2.75) is 32.0 Å².